The molecular formula is C14H24O2S. The number of allylic oxidation sites excluding steroid dienone is 1. The number of carbonyl (C=O) groups is 1. The van der Waals surface area contributed by atoms with Crippen LogP contribution in [0.4, 0.5) is 0 Å². The second kappa shape index (κ2) is 7.10. The van der Waals surface area contributed by atoms with E-state index in [-0.39, 0.29) is 5.97 Å². The Morgan fingerprint density at radius 3 is 2.88 bits per heavy atom. The van der Waals surface area contributed by atoms with Crippen LogP contribution in [0.25, 0.3) is 0 Å². The number of thioether (sulfide) groups is 1. The fourth-order valence-electron chi connectivity index (χ4n) is 2.09. The molecule has 0 amide bonds. The van der Waals surface area contributed by atoms with Crippen LogP contribution in [0.2, 0.25) is 0 Å². The number of hydrogen-bond donors (Lipinski definition) is 0. The molecule has 1 rings (SSSR count). The van der Waals surface area contributed by atoms with Crippen molar-refractivity contribution < 1.29 is 9.53 Å². The molecule has 0 fully saturated rings. The number of hydrogen-bond acceptors (Lipinski definition) is 3. The topological polar surface area (TPSA) is 26.3 Å². The summed E-state index contributed by atoms with van der Waals surface area (Å²) >= 11 is 1.89. The van der Waals surface area contributed by atoms with Gasteiger partial charge in [0.2, 0.25) is 0 Å². The summed E-state index contributed by atoms with van der Waals surface area (Å²) in [5, 5.41) is 0.575. The maximum atomic E-state index is 11.1. The second-order valence-electron chi connectivity index (χ2n) is 5.07. The Kier molecular flexibility index (Phi) is 6.10. The molecular weight excluding hydrogens is 232 g/mol. The summed E-state index contributed by atoms with van der Waals surface area (Å²) in [4.78, 5) is 11.1. The van der Waals surface area contributed by atoms with E-state index in [1.54, 1.807) is 5.57 Å². The highest BCUT2D eigenvalue weighted by molar-refractivity contribution is 8.00. The standard InChI is InChI=1S/C14H24O2S/c1-10(2)12-6-5-11(3)13(9-12)17-8-7-14(15)16-4/h9-11,13H,5-8H2,1-4H3. The summed E-state index contributed by atoms with van der Waals surface area (Å²) in [5.41, 5.74) is 1.58. The van der Waals surface area contributed by atoms with Gasteiger partial charge in [-0.3, -0.25) is 4.79 Å². The zero-order valence-corrected chi connectivity index (χ0v) is 12.2. The summed E-state index contributed by atoms with van der Waals surface area (Å²) in [6, 6.07) is 0. The maximum Gasteiger partial charge on any atom is 0.306 e. The van der Waals surface area contributed by atoms with Crippen molar-refractivity contribution in [3.05, 3.63) is 11.6 Å². The van der Waals surface area contributed by atoms with E-state index in [0.717, 1.165) is 11.7 Å². The number of methoxy groups -OCH3 is 1. The van der Waals surface area contributed by atoms with Crippen molar-refractivity contribution in [2.75, 3.05) is 12.9 Å². The molecule has 0 saturated carbocycles. The zero-order valence-electron chi connectivity index (χ0n) is 11.4. The molecule has 1 aliphatic rings. The molecule has 1 aliphatic carbocycles. The van der Waals surface area contributed by atoms with Crippen molar-refractivity contribution in [2.24, 2.45) is 11.8 Å². The normalized spacial score (nSPS) is 24.6. The van der Waals surface area contributed by atoms with E-state index < -0.39 is 0 Å². The molecule has 0 saturated heterocycles. The van der Waals surface area contributed by atoms with Crippen molar-refractivity contribution in [1.82, 2.24) is 0 Å². The minimum absolute atomic E-state index is 0.103. The van der Waals surface area contributed by atoms with E-state index in [2.05, 4.69) is 31.6 Å². The van der Waals surface area contributed by atoms with Crippen LogP contribution in [-0.4, -0.2) is 24.1 Å². The lowest BCUT2D eigenvalue weighted by Gasteiger charge is -2.28. The van der Waals surface area contributed by atoms with Crippen molar-refractivity contribution in [1.29, 1.82) is 0 Å². The van der Waals surface area contributed by atoms with Gasteiger partial charge in [0.05, 0.1) is 13.5 Å². The van der Waals surface area contributed by atoms with Gasteiger partial charge >= 0.3 is 5.97 Å². The predicted molar refractivity (Wildman–Crippen MR) is 74.2 cm³/mol. The summed E-state index contributed by atoms with van der Waals surface area (Å²) in [6.07, 6.45) is 5.48. The smallest absolute Gasteiger partial charge is 0.306 e. The third kappa shape index (κ3) is 4.74. The molecule has 98 valence electrons. The number of ether oxygens (including phenoxy) is 1. The van der Waals surface area contributed by atoms with Gasteiger partial charge in [-0.05, 0) is 24.7 Å². The highest BCUT2D eigenvalue weighted by atomic mass is 32.2. The van der Waals surface area contributed by atoms with Gasteiger partial charge in [0.15, 0.2) is 0 Å². The minimum atomic E-state index is -0.103. The third-order valence-corrected chi connectivity index (χ3v) is 4.84. The fourth-order valence-corrected chi connectivity index (χ4v) is 3.38. The van der Waals surface area contributed by atoms with E-state index in [0.29, 0.717) is 17.6 Å². The first kappa shape index (κ1) is 14.6. The van der Waals surface area contributed by atoms with E-state index in [1.165, 1.54) is 20.0 Å². The highest BCUT2D eigenvalue weighted by Gasteiger charge is 2.22. The molecule has 17 heavy (non-hydrogen) atoms. The minimum Gasteiger partial charge on any atom is -0.469 e. The van der Waals surface area contributed by atoms with E-state index in [1.807, 2.05) is 11.8 Å². The van der Waals surface area contributed by atoms with E-state index >= 15 is 0 Å². The highest BCUT2D eigenvalue weighted by Crippen LogP contribution is 2.34. The lowest BCUT2D eigenvalue weighted by molar-refractivity contribution is -0.140. The molecule has 0 heterocycles. The van der Waals surface area contributed by atoms with Gasteiger partial charge in [0, 0.05) is 11.0 Å². The molecule has 0 N–H and O–H groups in total. The van der Waals surface area contributed by atoms with Crippen molar-refractivity contribution >= 4 is 17.7 Å². The van der Waals surface area contributed by atoms with Crippen LogP contribution in [-0.2, 0) is 9.53 Å². The van der Waals surface area contributed by atoms with E-state index in [4.69, 9.17) is 0 Å². The van der Waals surface area contributed by atoms with Crippen LogP contribution >= 0.6 is 11.8 Å². The average Bonchev–Trinajstić information content (AvgIpc) is 2.30. The van der Waals surface area contributed by atoms with Crippen molar-refractivity contribution in [2.45, 2.75) is 45.3 Å². The molecule has 0 spiro atoms. The maximum absolute atomic E-state index is 11.1. The summed E-state index contributed by atoms with van der Waals surface area (Å²) in [6.45, 7) is 6.83. The van der Waals surface area contributed by atoms with Crippen LogP contribution in [0.1, 0.15) is 40.0 Å². The molecule has 0 bridgehead atoms. The first-order valence-corrected chi connectivity index (χ1v) is 7.48. The Balaban J connectivity index is 2.44. The molecule has 2 nitrogen and oxygen atoms in total. The predicted octanol–water partition coefficient (Wildman–Crippen LogP) is 3.66. The van der Waals surface area contributed by atoms with Crippen molar-refractivity contribution in [3.8, 4) is 0 Å². The van der Waals surface area contributed by atoms with Gasteiger partial charge in [-0.25, -0.2) is 0 Å². The van der Waals surface area contributed by atoms with Gasteiger partial charge in [0.1, 0.15) is 0 Å². The Bertz CT molecular complexity index is 284. The molecule has 0 aromatic carbocycles. The van der Waals surface area contributed by atoms with Crippen LogP contribution in [0, 0.1) is 11.8 Å². The summed E-state index contributed by atoms with van der Waals surface area (Å²) in [5.74, 6) is 2.14. The molecule has 0 aliphatic heterocycles. The largest absolute Gasteiger partial charge is 0.469 e. The van der Waals surface area contributed by atoms with Crippen molar-refractivity contribution in [3.63, 3.8) is 0 Å². The van der Waals surface area contributed by atoms with Gasteiger partial charge in [-0.1, -0.05) is 32.4 Å². The Labute approximate surface area is 109 Å². The number of rotatable bonds is 5. The molecule has 3 heteroatoms. The Hall–Kier alpha value is -0.440. The Morgan fingerprint density at radius 2 is 2.29 bits per heavy atom. The molecule has 2 atom stereocenters. The molecule has 0 aromatic heterocycles. The average molecular weight is 256 g/mol. The zero-order chi connectivity index (χ0) is 12.8. The quantitative estimate of drug-likeness (QED) is 0.554. The SMILES string of the molecule is COC(=O)CCSC1C=C(C(C)C)CCC1C. The molecule has 2 unspecified atom stereocenters. The van der Waals surface area contributed by atoms with Crippen LogP contribution in [0.15, 0.2) is 11.6 Å². The second-order valence-corrected chi connectivity index (χ2v) is 6.36. The first-order chi connectivity index (χ1) is 8.04. The van der Waals surface area contributed by atoms with Crippen LogP contribution in [0.3, 0.4) is 0 Å². The number of esters is 1. The lowest BCUT2D eigenvalue weighted by atomic mass is 9.86. The third-order valence-electron chi connectivity index (χ3n) is 3.41. The Morgan fingerprint density at radius 1 is 1.59 bits per heavy atom. The summed E-state index contributed by atoms with van der Waals surface area (Å²) < 4.78 is 4.66. The molecule has 0 radical (unpaired) electrons. The molecule has 0 aromatic rings. The first-order valence-electron chi connectivity index (χ1n) is 6.43. The van der Waals surface area contributed by atoms with Crippen LogP contribution in [0.5, 0.6) is 0 Å². The lowest BCUT2D eigenvalue weighted by Crippen LogP contribution is -2.19. The van der Waals surface area contributed by atoms with Gasteiger partial charge in [-0.15, -0.1) is 0 Å². The van der Waals surface area contributed by atoms with Gasteiger partial charge in [-0.2, -0.15) is 11.8 Å². The fraction of sp³-hybridized carbons (Fsp3) is 0.786. The monoisotopic (exact) mass is 256 g/mol. The van der Waals surface area contributed by atoms with Gasteiger partial charge < -0.3 is 4.74 Å². The van der Waals surface area contributed by atoms with Crippen LogP contribution < -0.4 is 0 Å². The van der Waals surface area contributed by atoms with E-state index in [9.17, 15) is 4.79 Å². The number of carbonyl (C=O) groups excluding carboxylic acids is 1. The van der Waals surface area contributed by atoms with Gasteiger partial charge in [0.25, 0.3) is 0 Å². The summed E-state index contributed by atoms with van der Waals surface area (Å²) in [7, 11) is 1.45.